The van der Waals surface area contributed by atoms with E-state index in [2.05, 4.69) is 204 Å². The van der Waals surface area contributed by atoms with Crippen LogP contribution in [0.15, 0.2) is 211 Å². The molecule has 55 heavy (non-hydrogen) atoms. The first-order valence-electron chi connectivity index (χ1n) is 18.7. The van der Waals surface area contributed by atoms with Crippen molar-refractivity contribution in [3.8, 4) is 27.9 Å². The average Bonchev–Trinajstić information content (AvgIpc) is 3.80. The quantitative estimate of drug-likeness (QED) is 0.172. The zero-order valence-electron chi connectivity index (χ0n) is 29.9. The summed E-state index contributed by atoms with van der Waals surface area (Å²) < 4.78 is 8.58. The van der Waals surface area contributed by atoms with Crippen LogP contribution in [0.5, 0.6) is 0 Å². The minimum atomic E-state index is 0.885. The van der Waals surface area contributed by atoms with Gasteiger partial charge in [0.2, 0.25) is 0 Å². The predicted molar refractivity (Wildman–Crippen MR) is 231 cm³/mol. The average molecular weight is 703 g/mol. The van der Waals surface area contributed by atoms with Crippen molar-refractivity contribution in [3.05, 3.63) is 206 Å². The zero-order chi connectivity index (χ0) is 36.3. The Morgan fingerprint density at radius 3 is 1.67 bits per heavy atom. The second-order valence-electron chi connectivity index (χ2n) is 14.2. The number of benzene rings is 9. The smallest absolute Gasteiger partial charge is 0.135 e. The normalized spacial score (nSPS) is 11.6. The summed E-state index contributed by atoms with van der Waals surface area (Å²) >= 11 is 0. The first-order valence-corrected chi connectivity index (χ1v) is 18.7. The highest BCUT2D eigenvalue weighted by atomic mass is 16.3. The number of para-hydroxylation sites is 3. The molecule has 0 spiro atoms. The molecule has 0 saturated heterocycles. The molecule has 9 aromatic carbocycles. The summed E-state index contributed by atoms with van der Waals surface area (Å²) in [5, 5.41) is 7.21. The standard InChI is InChI=1S/C52H34N2O/c1-2-12-41(13-3-1)54-49-16-8-6-14-45(49)47-33-40(24-30-50(47)54)37-22-27-43(28-23-37)53(44-29-31-52-48(34-44)46-15-7-9-17-51(46)55-52)42-25-20-36(21-26-42)39-19-18-35-10-4-5-11-38(35)32-39/h1-34H. The molecule has 0 aliphatic heterocycles. The largest absolute Gasteiger partial charge is 0.456 e. The molecule has 0 saturated carbocycles. The lowest BCUT2D eigenvalue weighted by Gasteiger charge is -2.26. The Labute approximate surface area is 318 Å². The molecular formula is C52H34N2O. The van der Waals surface area contributed by atoms with Gasteiger partial charge in [-0.05, 0) is 118 Å². The molecule has 0 atom stereocenters. The van der Waals surface area contributed by atoms with E-state index in [0.29, 0.717) is 0 Å². The van der Waals surface area contributed by atoms with Crippen molar-refractivity contribution in [1.29, 1.82) is 0 Å². The van der Waals surface area contributed by atoms with Gasteiger partial charge in [0.25, 0.3) is 0 Å². The van der Waals surface area contributed by atoms with E-state index in [0.717, 1.165) is 44.7 Å². The van der Waals surface area contributed by atoms with Gasteiger partial charge in [-0.1, -0.05) is 121 Å². The number of hydrogen-bond acceptors (Lipinski definition) is 2. The Kier molecular flexibility index (Phi) is 7.17. The van der Waals surface area contributed by atoms with E-state index in [4.69, 9.17) is 4.42 Å². The monoisotopic (exact) mass is 702 g/mol. The van der Waals surface area contributed by atoms with Gasteiger partial charge in [0, 0.05) is 44.3 Å². The molecule has 0 radical (unpaired) electrons. The van der Waals surface area contributed by atoms with Crippen LogP contribution in [0, 0.1) is 0 Å². The van der Waals surface area contributed by atoms with Crippen molar-refractivity contribution in [2.45, 2.75) is 0 Å². The Balaban J connectivity index is 1.01. The van der Waals surface area contributed by atoms with E-state index in [9.17, 15) is 0 Å². The highest BCUT2D eigenvalue weighted by Crippen LogP contribution is 2.41. The fourth-order valence-corrected chi connectivity index (χ4v) is 8.28. The van der Waals surface area contributed by atoms with Gasteiger partial charge in [0.05, 0.1) is 11.0 Å². The molecule has 0 unspecified atom stereocenters. The molecule has 3 nitrogen and oxygen atoms in total. The summed E-state index contributed by atoms with van der Waals surface area (Å²) in [5.41, 5.74) is 13.3. The molecule has 11 rings (SSSR count). The van der Waals surface area contributed by atoms with Crippen molar-refractivity contribution in [1.82, 2.24) is 4.57 Å². The Hall–Kier alpha value is -7.36. The van der Waals surface area contributed by atoms with E-state index in [1.165, 1.54) is 54.8 Å². The van der Waals surface area contributed by atoms with Gasteiger partial charge in [0.1, 0.15) is 11.2 Å². The minimum Gasteiger partial charge on any atom is -0.456 e. The third kappa shape index (κ3) is 5.28. The summed E-state index contributed by atoms with van der Waals surface area (Å²) in [5.74, 6) is 0. The van der Waals surface area contributed by atoms with Crippen LogP contribution in [0.2, 0.25) is 0 Å². The van der Waals surface area contributed by atoms with Crippen molar-refractivity contribution < 1.29 is 4.42 Å². The van der Waals surface area contributed by atoms with Crippen LogP contribution in [-0.4, -0.2) is 4.57 Å². The molecule has 3 heteroatoms. The zero-order valence-corrected chi connectivity index (χ0v) is 29.9. The molecule has 258 valence electrons. The molecule has 2 aromatic heterocycles. The fourth-order valence-electron chi connectivity index (χ4n) is 8.28. The number of fused-ring (bicyclic) bond motifs is 7. The second-order valence-corrected chi connectivity index (χ2v) is 14.2. The number of furan rings is 1. The molecular weight excluding hydrogens is 669 g/mol. The van der Waals surface area contributed by atoms with E-state index in [-0.39, 0.29) is 0 Å². The lowest BCUT2D eigenvalue weighted by Crippen LogP contribution is -2.09. The molecule has 0 aliphatic rings. The van der Waals surface area contributed by atoms with Gasteiger partial charge in [-0.3, -0.25) is 0 Å². The molecule has 11 aromatic rings. The maximum absolute atomic E-state index is 6.22. The molecule has 0 aliphatic carbocycles. The van der Waals surface area contributed by atoms with E-state index < -0.39 is 0 Å². The summed E-state index contributed by atoms with van der Waals surface area (Å²) in [4.78, 5) is 2.34. The van der Waals surface area contributed by atoms with E-state index >= 15 is 0 Å². The van der Waals surface area contributed by atoms with Crippen LogP contribution in [-0.2, 0) is 0 Å². The van der Waals surface area contributed by atoms with Crippen LogP contribution in [0.4, 0.5) is 17.1 Å². The molecule has 0 bridgehead atoms. The Morgan fingerprint density at radius 1 is 0.327 bits per heavy atom. The van der Waals surface area contributed by atoms with E-state index in [1.54, 1.807) is 0 Å². The Morgan fingerprint density at radius 2 is 0.891 bits per heavy atom. The van der Waals surface area contributed by atoms with Gasteiger partial charge in [0.15, 0.2) is 0 Å². The third-order valence-electron chi connectivity index (χ3n) is 11.0. The first-order chi connectivity index (χ1) is 27.2. The lowest BCUT2D eigenvalue weighted by molar-refractivity contribution is 0.669. The van der Waals surface area contributed by atoms with Crippen LogP contribution in [0.25, 0.3) is 82.5 Å². The number of aromatic nitrogens is 1. The summed E-state index contributed by atoms with van der Waals surface area (Å²) in [6.07, 6.45) is 0. The SMILES string of the molecule is c1ccc(-n2c3ccccc3c3cc(-c4ccc(N(c5ccc(-c6ccc7ccccc7c6)cc5)c5ccc6oc7ccccc7c6c5)cc4)ccc32)cc1. The van der Waals surface area contributed by atoms with Gasteiger partial charge in [-0.2, -0.15) is 0 Å². The molecule has 2 heterocycles. The number of anilines is 3. The van der Waals surface area contributed by atoms with Crippen molar-refractivity contribution in [2.24, 2.45) is 0 Å². The topological polar surface area (TPSA) is 21.3 Å². The van der Waals surface area contributed by atoms with Crippen molar-refractivity contribution >= 4 is 71.6 Å². The van der Waals surface area contributed by atoms with E-state index in [1.807, 2.05) is 12.1 Å². The summed E-state index contributed by atoms with van der Waals surface area (Å²) in [7, 11) is 0. The number of hydrogen-bond donors (Lipinski definition) is 0. The van der Waals surface area contributed by atoms with Crippen LogP contribution in [0.1, 0.15) is 0 Å². The van der Waals surface area contributed by atoms with Gasteiger partial charge >= 0.3 is 0 Å². The summed E-state index contributed by atoms with van der Waals surface area (Å²) in [6, 6.07) is 74.0. The first kappa shape index (κ1) is 31.2. The van der Waals surface area contributed by atoms with Gasteiger partial charge in [-0.25, -0.2) is 0 Å². The van der Waals surface area contributed by atoms with Crippen LogP contribution in [0.3, 0.4) is 0 Å². The minimum absolute atomic E-state index is 0.885. The fraction of sp³-hybridized carbons (Fsp3) is 0. The van der Waals surface area contributed by atoms with Gasteiger partial charge in [-0.15, -0.1) is 0 Å². The molecule has 0 fully saturated rings. The highest BCUT2D eigenvalue weighted by molar-refractivity contribution is 6.10. The maximum Gasteiger partial charge on any atom is 0.135 e. The van der Waals surface area contributed by atoms with Crippen LogP contribution >= 0.6 is 0 Å². The predicted octanol–water partition coefficient (Wildman–Crippen LogP) is 14.6. The summed E-state index contributed by atoms with van der Waals surface area (Å²) in [6.45, 7) is 0. The van der Waals surface area contributed by atoms with Crippen LogP contribution < -0.4 is 4.90 Å². The van der Waals surface area contributed by atoms with Crippen molar-refractivity contribution in [3.63, 3.8) is 0 Å². The highest BCUT2D eigenvalue weighted by Gasteiger charge is 2.17. The van der Waals surface area contributed by atoms with Crippen molar-refractivity contribution in [2.75, 3.05) is 4.90 Å². The molecule has 0 amide bonds. The van der Waals surface area contributed by atoms with Gasteiger partial charge < -0.3 is 13.9 Å². The molecule has 0 N–H and O–H groups in total. The number of rotatable bonds is 6. The number of nitrogens with zero attached hydrogens (tertiary/aromatic N) is 2. The maximum atomic E-state index is 6.22. The lowest BCUT2D eigenvalue weighted by atomic mass is 10.0. The second kappa shape index (κ2) is 12.6. The Bertz CT molecular complexity index is 3190. The third-order valence-corrected chi connectivity index (χ3v) is 11.0.